The van der Waals surface area contributed by atoms with E-state index in [1.54, 1.807) is 11.3 Å². The van der Waals surface area contributed by atoms with E-state index in [9.17, 15) is 9.90 Å². The number of hydrogen-bond acceptors (Lipinski definition) is 5. The molecule has 0 radical (unpaired) electrons. The highest BCUT2D eigenvalue weighted by molar-refractivity contribution is 7.13. The fraction of sp³-hybridized carbons (Fsp3) is 0.474. The second-order valence-corrected chi connectivity index (χ2v) is 8.59. The van der Waals surface area contributed by atoms with Gasteiger partial charge in [0.15, 0.2) is 5.13 Å². The first-order valence-electron chi connectivity index (χ1n) is 8.89. The predicted molar refractivity (Wildman–Crippen MR) is 103 cm³/mol. The van der Waals surface area contributed by atoms with Gasteiger partial charge in [-0.15, -0.1) is 11.3 Å². The third kappa shape index (κ3) is 3.59. The summed E-state index contributed by atoms with van der Waals surface area (Å²) in [5.74, 6) is 0.255. The van der Waals surface area contributed by atoms with Crippen molar-refractivity contribution in [3.63, 3.8) is 0 Å². The molecule has 1 aromatic heterocycles. The highest BCUT2D eigenvalue weighted by atomic mass is 35.5. The van der Waals surface area contributed by atoms with Crippen LogP contribution in [-0.4, -0.2) is 40.5 Å². The molecule has 3 heterocycles. The van der Waals surface area contributed by atoms with E-state index in [-0.39, 0.29) is 17.9 Å². The summed E-state index contributed by atoms with van der Waals surface area (Å²) >= 11 is 7.53. The van der Waals surface area contributed by atoms with Gasteiger partial charge in [-0.2, -0.15) is 0 Å². The molecule has 1 aromatic carbocycles. The number of nitrogens with zero attached hydrogens (tertiary/aromatic N) is 3. The number of carbonyl (C=O) groups excluding carboxylic acids is 1. The highest BCUT2D eigenvalue weighted by Gasteiger charge is 2.45. The van der Waals surface area contributed by atoms with Gasteiger partial charge in [0.05, 0.1) is 12.3 Å². The summed E-state index contributed by atoms with van der Waals surface area (Å²) in [6.45, 7) is 3.32. The van der Waals surface area contributed by atoms with Gasteiger partial charge in [0, 0.05) is 48.4 Å². The normalized spacial score (nSPS) is 19.5. The molecule has 2 aliphatic rings. The minimum Gasteiger partial charge on any atom is -0.390 e. The van der Waals surface area contributed by atoms with E-state index in [0.717, 1.165) is 53.9 Å². The molecule has 5 nitrogen and oxygen atoms in total. The number of likely N-dealkylation sites (tertiary alicyclic amines) is 1. The fourth-order valence-electron chi connectivity index (χ4n) is 3.96. The number of aliphatic hydroxyl groups excluding tert-OH is 1. The van der Waals surface area contributed by atoms with Crippen molar-refractivity contribution in [2.24, 2.45) is 5.41 Å². The van der Waals surface area contributed by atoms with Crippen LogP contribution < -0.4 is 4.90 Å². The lowest BCUT2D eigenvalue weighted by atomic mass is 9.78. The zero-order valence-electron chi connectivity index (χ0n) is 14.5. The molecule has 2 aromatic rings. The molecule has 0 aliphatic carbocycles. The van der Waals surface area contributed by atoms with Crippen LogP contribution in [0.15, 0.2) is 29.6 Å². The van der Waals surface area contributed by atoms with Crippen LogP contribution in [0.25, 0.3) is 0 Å². The molecule has 1 spiro atoms. The second kappa shape index (κ2) is 7.18. The van der Waals surface area contributed by atoms with Crippen molar-refractivity contribution in [3.8, 4) is 0 Å². The number of piperidine rings is 1. The Morgan fingerprint density at radius 2 is 1.96 bits per heavy atom. The van der Waals surface area contributed by atoms with Gasteiger partial charge in [-0.25, -0.2) is 4.98 Å². The van der Waals surface area contributed by atoms with Gasteiger partial charge in [-0.1, -0.05) is 23.7 Å². The SMILES string of the molecule is O=C1CC2(CCN(c3nc(CO)cs3)CC2)CN1Cc1ccc(Cl)cc1. The number of halogens is 1. The molecule has 1 amide bonds. The number of amides is 1. The van der Waals surface area contributed by atoms with Crippen LogP contribution in [0.2, 0.25) is 5.02 Å². The first-order valence-corrected chi connectivity index (χ1v) is 10.2. The molecule has 0 saturated carbocycles. The van der Waals surface area contributed by atoms with Crippen LogP contribution in [0.5, 0.6) is 0 Å². The van der Waals surface area contributed by atoms with Crippen molar-refractivity contribution in [2.45, 2.75) is 32.4 Å². The molecule has 2 fully saturated rings. The van der Waals surface area contributed by atoms with Crippen LogP contribution in [-0.2, 0) is 17.9 Å². The zero-order valence-corrected chi connectivity index (χ0v) is 16.1. The summed E-state index contributed by atoms with van der Waals surface area (Å²) in [4.78, 5) is 21.3. The molecular weight excluding hydrogens is 370 g/mol. The zero-order chi connectivity index (χ0) is 18.1. The minimum absolute atomic E-state index is 0.0115. The van der Waals surface area contributed by atoms with Crippen LogP contribution in [0.3, 0.4) is 0 Å². The number of rotatable bonds is 4. The van der Waals surface area contributed by atoms with Crippen molar-refractivity contribution in [1.82, 2.24) is 9.88 Å². The molecule has 138 valence electrons. The van der Waals surface area contributed by atoms with Crippen molar-refractivity contribution in [1.29, 1.82) is 0 Å². The summed E-state index contributed by atoms with van der Waals surface area (Å²) in [5.41, 5.74) is 1.95. The van der Waals surface area contributed by atoms with Gasteiger partial charge in [0.1, 0.15) is 0 Å². The molecule has 4 rings (SSSR count). The Hall–Kier alpha value is -1.63. The molecule has 0 bridgehead atoms. The molecule has 2 saturated heterocycles. The molecule has 26 heavy (non-hydrogen) atoms. The first-order chi connectivity index (χ1) is 12.6. The van der Waals surface area contributed by atoms with Gasteiger partial charge < -0.3 is 14.9 Å². The Labute approximate surface area is 162 Å². The predicted octanol–water partition coefficient (Wildman–Crippen LogP) is 3.31. The summed E-state index contributed by atoms with van der Waals surface area (Å²) in [7, 11) is 0. The first kappa shape index (κ1) is 17.8. The maximum Gasteiger partial charge on any atom is 0.223 e. The molecule has 2 aliphatic heterocycles. The van der Waals surface area contributed by atoms with Crippen LogP contribution in [0.4, 0.5) is 5.13 Å². The summed E-state index contributed by atoms with van der Waals surface area (Å²) in [6, 6.07) is 7.73. The van der Waals surface area contributed by atoms with E-state index >= 15 is 0 Å². The van der Waals surface area contributed by atoms with Crippen LogP contribution in [0.1, 0.15) is 30.5 Å². The van der Waals surface area contributed by atoms with E-state index in [2.05, 4.69) is 9.88 Å². The average Bonchev–Trinajstić information content (AvgIpc) is 3.23. The highest BCUT2D eigenvalue weighted by Crippen LogP contribution is 2.42. The van der Waals surface area contributed by atoms with Crippen molar-refractivity contribution in [2.75, 3.05) is 24.5 Å². The third-order valence-electron chi connectivity index (χ3n) is 5.49. The molecule has 0 atom stereocenters. The van der Waals surface area contributed by atoms with Gasteiger partial charge in [-0.3, -0.25) is 4.79 Å². The van der Waals surface area contributed by atoms with Crippen molar-refractivity contribution >= 4 is 34.0 Å². The number of hydrogen-bond donors (Lipinski definition) is 1. The van der Waals surface area contributed by atoms with E-state index in [1.807, 2.05) is 34.5 Å². The number of thiazole rings is 1. The fourth-order valence-corrected chi connectivity index (χ4v) is 4.95. The molecule has 7 heteroatoms. The molecular formula is C19H22ClN3O2S. The van der Waals surface area contributed by atoms with Gasteiger partial charge in [0.25, 0.3) is 0 Å². The number of benzene rings is 1. The average molecular weight is 392 g/mol. The van der Waals surface area contributed by atoms with Crippen LogP contribution >= 0.6 is 22.9 Å². The maximum absolute atomic E-state index is 12.6. The Kier molecular flexibility index (Phi) is 4.90. The minimum atomic E-state index is -0.0115. The molecule has 1 N–H and O–H groups in total. The topological polar surface area (TPSA) is 56.7 Å². The van der Waals surface area contributed by atoms with Gasteiger partial charge >= 0.3 is 0 Å². The Morgan fingerprint density at radius 3 is 2.62 bits per heavy atom. The Bertz CT molecular complexity index is 784. The number of anilines is 1. The summed E-state index contributed by atoms with van der Waals surface area (Å²) in [5, 5.41) is 12.8. The summed E-state index contributed by atoms with van der Waals surface area (Å²) in [6.07, 6.45) is 2.65. The standard InChI is InChI=1S/C19H22ClN3O2S/c20-15-3-1-14(2-4-15)10-23-13-19(9-17(23)25)5-7-22(8-6-19)18-21-16(11-24)12-26-18/h1-4,12,24H,5-11,13H2. The Morgan fingerprint density at radius 1 is 1.23 bits per heavy atom. The van der Waals surface area contributed by atoms with Crippen LogP contribution in [0, 0.1) is 5.41 Å². The maximum atomic E-state index is 12.6. The van der Waals surface area contributed by atoms with E-state index in [4.69, 9.17) is 11.6 Å². The van der Waals surface area contributed by atoms with E-state index in [1.165, 1.54) is 0 Å². The lowest BCUT2D eigenvalue weighted by Gasteiger charge is -2.38. The monoisotopic (exact) mass is 391 g/mol. The number of aromatic nitrogens is 1. The Balaban J connectivity index is 1.38. The third-order valence-corrected chi connectivity index (χ3v) is 6.69. The van der Waals surface area contributed by atoms with Crippen molar-refractivity contribution < 1.29 is 9.90 Å². The number of carbonyl (C=O) groups is 1. The number of aliphatic hydroxyl groups is 1. The summed E-state index contributed by atoms with van der Waals surface area (Å²) < 4.78 is 0. The lowest BCUT2D eigenvalue weighted by molar-refractivity contribution is -0.128. The van der Waals surface area contributed by atoms with E-state index < -0.39 is 0 Å². The van der Waals surface area contributed by atoms with Crippen molar-refractivity contribution in [3.05, 3.63) is 45.9 Å². The smallest absolute Gasteiger partial charge is 0.223 e. The quantitative estimate of drug-likeness (QED) is 0.868. The molecule has 0 unspecified atom stereocenters. The second-order valence-electron chi connectivity index (χ2n) is 7.32. The lowest BCUT2D eigenvalue weighted by Crippen LogP contribution is -2.41. The van der Waals surface area contributed by atoms with E-state index in [0.29, 0.717) is 13.0 Å². The van der Waals surface area contributed by atoms with Gasteiger partial charge in [0.2, 0.25) is 5.91 Å². The van der Waals surface area contributed by atoms with Gasteiger partial charge in [-0.05, 0) is 30.5 Å². The largest absolute Gasteiger partial charge is 0.390 e.